The van der Waals surface area contributed by atoms with Gasteiger partial charge in [0.25, 0.3) is 0 Å². The molecule has 1 saturated heterocycles. The number of nitrogens with zero attached hydrogens (tertiary/aromatic N) is 1. The number of piperidine rings is 1. The molecule has 3 heteroatoms. The summed E-state index contributed by atoms with van der Waals surface area (Å²) in [4.78, 5) is 2.43. The van der Waals surface area contributed by atoms with Crippen LogP contribution in [0.15, 0.2) is 48.6 Å². The summed E-state index contributed by atoms with van der Waals surface area (Å²) in [5, 5.41) is 0. The molecule has 262 valence electrons. The van der Waals surface area contributed by atoms with Crippen molar-refractivity contribution in [3.8, 4) is 0 Å². The molecule has 1 fully saturated rings. The third kappa shape index (κ3) is 27.6. The van der Waals surface area contributed by atoms with E-state index >= 15 is 0 Å². The van der Waals surface area contributed by atoms with Crippen molar-refractivity contribution in [2.75, 3.05) is 40.0 Å². The molecule has 0 atom stereocenters. The van der Waals surface area contributed by atoms with Crippen LogP contribution in [0.25, 0.3) is 0 Å². The van der Waals surface area contributed by atoms with Crippen LogP contribution in [-0.4, -0.2) is 50.5 Å². The van der Waals surface area contributed by atoms with E-state index in [9.17, 15) is 0 Å². The van der Waals surface area contributed by atoms with Crippen molar-refractivity contribution in [2.45, 2.75) is 180 Å². The highest BCUT2D eigenvalue weighted by Gasteiger charge is 2.34. The highest BCUT2D eigenvalue weighted by Crippen LogP contribution is 2.27. The second-order valence-electron chi connectivity index (χ2n) is 13.7. The molecule has 1 aliphatic rings. The monoisotopic (exact) mass is 628 g/mol. The van der Waals surface area contributed by atoms with E-state index in [1.807, 2.05) is 0 Å². The topological polar surface area (TPSA) is 21.7 Å². The Morgan fingerprint density at radius 2 is 0.911 bits per heavy atom. The number of rotatable bonds is 32. The summed E-state index contributed by atoms with van der Waals surface area (Å²) in [6.45, 7) is 9.33. The largest absolute Gasteiger partial charge is 0.378 e. The first-order valence-corrected chi connectivity index (χ1v) is 19.7. The van der Waals surface area contributed by atoms with Gasteiger partial charge in [-0.05, 0) is 90.5 Å². The quantitative estimate of drug-likeness (QED) is 0.0547. The van der Waals surface area contributed by atoms with Crippen LogP contribution >= 0.6 is 0 Å². The Bertz CT molecular complexity index is 716. The lowest BCUT2D eigenvalue weighted by molar-refractivity contribution is -0.125. The zero-order chi connectivity index (χ0) is 32.4. The summed E-state index contributed by atoms with van der Waals surface area (Å²) in [5.41, 5.74) is -0.0532. The number of unbranched alkanes of at least 4 members (excludes halogenated alkanes) is 17. The summed E-state index contributed by atoms with van der Waals surface area (Å²) in [6, 6.07) is 0. The Kier molecular flexibility index (Phi) is 30.5. The molecule has 45 heavy (non-hydrogen) atoms. The highest BCUT2D eigenvalue weighted by atomic mass is 16.5. The maximum Gasteiger partial charge on any atom is 0.0939 e. The summed E-state index contributed by atoms with van der Waals surface area (Å²) < 4.78 is 12.8. The lowest BCUT2D eigenvalue weighted by atomic mass is 9.92. The number of likely N-dealkylation sites (tertiary alicyclic amines) is 1. The number of hydrogen-bond donors (Lipinski definition) is 0. The minimum absolute atomic E-state index is 0.0532. The zero-order valence-corrected chi connectivity index (χ0v) is 30.6. The van der Waals surface area contributed by atoms with E-state index in [2.05, 4.69) is 74.4 Å². The average Bonchev–Trinajstić information content (AvgIpc) is 3.05. The molecular weight excluding hydrogens is 550 g/mol. The van der Waals surface area contributed by atoms with Crippen LogP contribution in [0.4, 0.5) is 0 Å². The minimum atomic E-state index is -0.0532. The normalized spacial score (nSPS) is 16.0. The molecule has 0 amide bonds. The second-order valence-corrected chi connectivity index (χ2v) is 13.7. The molecule has 0 aromatic rings. The molecule has 1 rings (SSSR count). The summed E-state index contributed by atoms with van der Waals surface area (Å²) in [7, 11) is 2.23. The molecule has 3 nitrogen and oxygen atoms in total. The van der Waals surface area contributed by atoms with E-state index in [-0.39, 0.29) is 5.60 Å². The highest BCUT2D eigenvalue weighted by molar-refractivity contribution is 4.93. The van der Waals surface area contributed by atoms with E-state index in [4.69, 9.17) is 9.47 Å². The molecule has 0 aromatic carbocycles. The Balaban J connectivity index is 2.00. The average molecular weight is 628 g/mol. The van der Waals surface area contributed by atoms with Crippen LogP contribution in [-0.2, 0) is 9.47 Å². The molecule has 0 bridgehead atoms. The van der Waals surface area contributed by atoms with Gasteiger partial charge in [0.1, 0.15) is 0 Å². The van der Waals surface area contributed by atoms with Gasteiger partial charge >= 0.3 is 0 Å². The van der Waals surface area contributed by atoms with Gasteiger partial charge in [-0.15, -0.1) is 0 Å². The van der Waals surface area contributed by atoms with E-state index in [0.717, 1.165) is 58.6 Å². The number of hydrogen-bond acceptors (Lipinski definition) is 3. The van der Waals surface area contributed by atoms with Crippen LogP contribution in [0.2, 0.25) is 0 Å². The van der Waals surface area contributed by atoms with Crippen molar-refractivity contribution in [1.29, 1.82) is 0 Å². The van der Waals surface area contributed by atoms with Crippen molar-refractivity contribution in [3.05, 3.63) is 48.6 Å². The fourth-order valence-corrected chi connectivity index (χ4v) is 6.00. The molecule has 1 heterocycles. The molecule has 0 aliphatic carbocycles. The predicted octanol–water partition coefficient (Wildman–Crippen LogP) is 12.7. The van der Waals surface area contributed by atoms with Crippen LogP contribution < -0.4 is 0 Å². The fraction of sp³-hybridized carbons (Fsp3) is 0.810. The molecule has 0 unspecified atom stereocenters. The van der Waals surface area contributed by atoms with Crippen LogP contribution in [0, 0.1) is 0 Å². The first kappa shape index (κ1) is 41.9. The first-order valence-electron chi connectivity index (χ1n) is 19.7. The van der Waals surface area contributed by atoms with Gasteiger partial charge in [0.05, 0.1) is 12.2 Å². The Hall–Kier alpha value is -1.16. The molecule has 0 spiro atoms. The maximum absolute atomic E-state index is 6.59. The van der Waals surface area contributed by atoms with E-state index < -0.39 is 0 Å². The van der Waals surface area contributed by atoms with Gasteiger partial charge in [-0.2, -0.15) is 0 Å². The Morgan fingerprint density at radius 3 is 1.42 bits per heavy atom. The first-order chi connectivity index (χ1) is 22.2. The smallest absolute Gasteiger partial charge is 0.0939 e. The van der Waals surface area contributed by atoms with Gasteiger partial charge in [-0.1, -0.05) is 140 Å². The van der Waals surface area contributed by atoms with E-state index in [1.165, 1.54) is 135 Å². The van der Waals surface area contributed by atoms with E-state index in [1.54, 1.807) is 0 Å². The van der Waals surface area contributed by atoms with Crippen molar-refractivity contribution in [1.82, 2.24) is 4.90 Å². The lowest BCUT2D eigenvalue weighted by Crippen LogP contribution is -2.48. The Labute approximate surface area is 282 Å². The molecule has 0 aromatic heterocycles. The summed E-state index contributed by atoms with van der Waals surface area (Å²) in [5.74, 6) is 0. The standard InChI is InChI=1S/C42H77NO2/c1-4-6-8-10-12-14-16-18-20-22-23-25-27-29-31-33-39-44-41-42(35-37-43(3)38-36-42)45-40-34-32-30-28-26-24-21-19-17-15-13-11-9-7-5-2/h11-14,17-20H,4-10,15-16,21-41H2,1-3H3/b13-11-,14-12-,19-17-,20-18-. The number of allylic oxidation sites excluding steroid dienone is 8. The van der Waals surface area contributed by atoms with Gasteiger partial charge < -0.3 is 14.4 Å². The lowest BCUT2D eigenvalue weighted by Gasteiger charge is -2.40. The third-order valence-electron chi connectivity index (χ3n) is 9.26. The summed E-state index contributed by atoms with van der Waals surface area (Å²) in [6.07, 6.45) is 50.5. The van der Waals surface area contributed by atoms with Crippen molar-refractivity contribution in [2.24, 2.45) is 0 Å². The zero-order valence-electron chi connectivity index (χ0n) is 30.6. The molecule has 0 N–H and O–H groups in total. The van der Waals surface area contributed by atoms with E-state index in [0.29, 0.717) is 0 Å². The Morgan fingerprint density at radius 1 is 0.489 bits per heavy atom. The van der Waals surface area contributed by atoms with Crippen LogP contribution in [0.1, 0.15) is 174 Å². The van der Waals surface area contributed by atoms with Crippen molar-refractivity contribution in [3.63, 3.8) is 0 Å². The van der Waals surface area contributed by atoms with Gasteiger partial charge in [0.2, 0.25) is 0 Å². The summed E-state index contributed by atoms with van der Waals surface area (Å²) >= 11 is 0. The molecule has 0 radical (unpaired) electrons. The van der Waals surface area contributed by atoms with Crippen molar-refractivity contribution < 1.29 is 9.47 Å². The van der Waals surface area contributed by atoms with Gasteiger partial charge in [0, 0.05) is 26.3 Å². The number of ether oxygens (including phenoxy) is 2. The molecular formula is C42H77NO2. The predicted molar refractivity (Wildman–Crippen MR) is 200 cm³/mol. The van der Waals surface area contributed by atoms with Gasteiger partial charge in [-0.3, -0.25) is 0 Å². The van der Waals surface area contributed by atoms with Crippen molar-refractivity contribution >= 4 is 0 Å². The second kappa shape index (κ2) is 32.8. The van der Waals surface area contributed by atoms with Gasteiger partial charge in [0.15, 0.2) is 0 Å². The fourth-order valence-electron chi connectivity index (χ4n) is 6.00. The van der Waals surface area contributed by atoms with Gasteiger partial charge in [-0.25, -0.2) is 0 Å². The third-order valence-corrected chi connectivity index (χ3v) is 9.26. The van der Waals surface area contributed by atoms with Crippen LogP contribution in [0.5, 0.6) is 0 Å². The maximum atomic E-state index is 6.59. The SMILES string of the molecule is CCCC/C=C\C/C=C\CCCCCCCCOC1(COCCCCCCCC/C=C\C/C=C\CCCCC)CCN(C)CC1. The molecule has 1 aliphatic heterocycles. The molecule has 0 saturated carbocycles. The minimum Gasteiger partial charge on any atom is -0.378 e. The van der Waals surface area contributed by atoms with Crippen LogP contribution in [0.3, 0.4) is 0 Å².